The van der Waals surface area contributed by atoms with E-state index in [9.17, 15) is 0 Å². The van der Waals surface area contributed by atoms with Gasteiger partial charge in [-0.2, -0.15) is 0 Å². The summed E-state index contributed by atoms with van der Waals surface area (Å²) in [5.74, 6) is 0.958. The minimum atomic E-state index is -0.0908. The number of halogens is 1. The molecule has 4 heteroatoms. The zero-order valence-electron chi connectivity index (χ0n) is 11.8. The monoisotopic (exact) mass is 277 g/mol. The molecule has 0 bridgehead atoms. The smallest absolute Gasteiger partial charge is 0.160 e. The number of aryl methyl sites for hydroxylation is 1. The van der Waals surface area contributed by atoms with E-state index in [2.05, 4.69) is 17.6 Å². The molecule has 1 aliphatic carbocycles. The molecule has 3 nitrogen and oxygen atoms in total. The average Bonchev–Trinajstić information content (AvgIpc) is 2.93. The molecular weight excluding hydrogens is 258 g/mol. The van der Waals surface area contributed by atoms with E-state index in [1.807, 2.05) is 19.9 Å². The Morgan fingerprint density at radius 2 is 1.95 bits per heavy atom. The van der Waals surface area contributed by atoms with E-state index < -0.39 is 0 Å². The van der Waals surface area contributed by atoms with E-state index in [0.29, 0.717) is 0 Å². The highest BCUT2D eigenvalue weighted by Gasteiger charge is 2.35. The van der Waals surface area contributed by atoms with Gasteiger partial charge in [0.25, 0.3) is 0 Å². The fraction of sp³-hybridized carbons (Fsp3) is 0.600. The van der Waals surface area contributed by atoms with Crippen molar-refractivity contribution in [2.24, 2.45) is 0 Å². The van der Waals surface area contributed by atoms with Crippen molar-refractivity contribution in [3.8, 4) is 0 Å². The molecule has 1 atom stereocenters. The second-order valence-corrected chi connectivity index (χ2v) is 6.58. The summed E-state index contributed by atoms with van der Waals surface area (Å²) in [6.07, 6.45) is 4.92. The quantitative estimate of drug-likeness (QED) is 0.765. The number of hydrogen-bond acceptors (Lipinski definition) is 2. The third-order valence-electron chi connectivity index (χ3n) is 4.25. The fourth-order valence-electron chi connectivity index (χ4n) is 3.23. The van der Waals surface area contributed by atoms with E-state index in [1.54, 1.807) is 0 Å². The van der Waals surface area contributed by atoms with Gasteiger partial charge in [-0.15, -0.1) is 11.6 Å². The molecule has 2 aromatic heterocycles. The van der Waals surface area contributed by atoms with Gasteiger partial charge in [0.05, 0.1) is 5.38 Å². The first-order valence-corrected chi connectivity index (χ1v) is 7.45. The van der Waals surface area contributed by atoms with Gasteiger partial charge in [0.15, 0.2) is 5.65 Å². The summed E-state index contributed by atoms with van der Waals surface area (Å²) in [5, 5.41) is -0.0908. The molecular formula is C15H20ClN3. The van der Waals surface area contributed by atoms with Crippen LogP contribution in [-0.4, -0.2) is 14.5 Å². The third-order valence-corrected chi connectivity index (χ3v) is 4.44. The standard InChI is InChI=1S/C15H20ClN3/c1-10-6-7-12-14(17-10)19(13(18-12)11(2)16)15(3)8-4-5-9-15/h6-7,11H,4-5,8-9H2,1-3H3. The van der Waals surface area contributed by atoms with Crippen molar-refractivity contribution >= 4 is 22.8 Å². The summed E-state index contributed by atoms with van der Waals surface area (Å²) in [6.45, 7) is 6.33. The largest absolute Gasteiger partial charge is 0.306 e. The van der Waals surface area contributed by atoms with Gasteiger partial charge in [-0.3, -0.25) is 0 Å². The summed E-state index contributed by atoms with van der Waals surface area (Å²) in [6, 6.07) is 4.06. The summed E-state index contributed by atoms with van der Waals surface area (Å²) in [7, 11) is 0. The minimum Gasteiger partial charge on any atom is -0.306 e. The molecule has 0 radical (unpaired) electrons. The topological polar surface area (TPSA) is 30.7 Å². The number of fused-ring (bicyclic) bond motifs is 1. The van der Waals surface area contributed by atoms with Crippen LogP contribution in [0.3, 0.4) is 0 Å². The molecule has 0 N–H and O–H groups in total. The van der Waals surface area contributed by atoms with Crippen molar-refractivity contribution in [1.82, 2.24) is 14.5 Å². The number of nitrogens with zero attached hydrogens (tertiary/aromatic N) is 3. The Balaban J connectivity index is 2.29. The lowest BCUT2D eigenvalue weighted by Gasteiger charge is -2.29. The fourth-order valence-corrected chi connectivity index (χ4v) is 3.38. The van der Waals surface area contributed by atoms with Gasteiger partial charge in [-0.25, -0.2) is 9.97 Å². The van der Waals surface area contributed by atoms with Gasteiger partial charge in [0, 0.05) is 11.2 Å². The molecule has 2 aromatic rings. The summed E-state index contributed by atoms with van der Waals surface area (Å²) >= 11 is 6.35. The summed E-state index contributed by atoms with van der Waals surface area (Å²) in [4.78, 5) is 9.42. The van der Waals surface area contributed by atoms with E-state index in [0.717, 1.165) is 22.7 Å². The highest BCUT2D eigenvalue weighted by atomic mass is 35.5. The van der Waals surface area contributed by atoms with Crippen LogP contribution in [0, 0.1) is 6.92 Å². The summed E-state index contributed by atoms with van der Waals surface area (Å²) < 4.78 is 2.31. The van der Waals surface area contributed by atoms with Gasteiger partial charge in [-0.05, 0) is 45.7 Å². The summed E-state index contributed by atoms with van der Waals surface area (Å²) in [5.41, 5.74) is 3.10. The zero-order valence-corrected chi connectivity index (χ0v) is 12.5. The predicted molar refractivity (Wildman–Crippen MR) is 78.6 cm³/mol. The number of pyridine rings is 1. The van der Waals surface area contributed by atoms with Crippen LogP contribution in [0.4, 0.5) is 0 Å². The molecule has 1 unspecified atom stereocenters. The van der Waals surface area contributed by atoms with Gasteiger partial charge in [-0.1, -0.05) is 12.8 Å². The molecule has 1 aliphatic rings. The van der Waals surface area contributed by atoms with Crippen LogP contribution in [0.1, 0.15) is 56.4 Å². The van der Waals surface area contributed by atoms with Gasteiger partial charge < -0.3 is 4.57 Å². The second kappa shape index (κ2) is 4.48. The Labute approximate surface area is 119 Å². The first-order valence-electron chi connectivity index (χ1n) is 7.02. The molecule has 19 heavy (non-hydrogen) atoms. The molecule has 0 aromatic carbocycles. The lowest BCUT2D eigenvalue weighted by molar-refractivity contribution is 0.326. The number of rotatable bonds is 2. The Morgan fingerprint density at radius 3 is 2.58 bits per heavy atom. The van der Waals surface area contributed by atoms with Crippen molar-refractivity contribution in [2.45, 2.75) is 57.4 Å². The number of alkyl halides is 1. The lowest BCUT2D eigenvalue weighted by atomic mass is 10.00. The van der Waals surface area contributed by atoms with Crippen LogP contribution in [0.15, 0.2) is 12.1 Å². The lowest BCUT2D eigenvalue weighted by Crippen LogP contribution is -2.28. The van der Waals surface area contributed by atoms with Crippen LogP contribution in [-0.2, 0) is 5.54 Å². The Kier molecular flexibility index (Phi) is 3.05. The normalized spacial score (nSPS) is 20.0. The molecule has 0 spiro atoms. The second-order valence-electron chi connectivity index (χ2n) is 5.92. The molecule has 3 rings (SSSR count). The minimum absolute atomic E-state index is 0.0908. The molecule has 1 saturated carbocycles. The highest BCUT2D eigenvalue weighted by Crippen LogP contribution is 2.40. The van der Waals surface area contributed by atoms with Crippen LogP contribution < -0.4 is 0 Å². The maximum atomic E-state index is 6.35. The van der Waals surface area contributed by atoms with Crippen LogP contribution >= 0.6 is 11.6 Å². The molecule has 0 amide bonds. The zero-order chi connectivity index (χ0) is 13.6. The van der Waals surface area contributed by atoms with E-state index in [1.165, 1.54) is 25.7 Å². The first-order chi connectivity index (χ1) is 9.01. The van der Waals surface area contributed by atoms with E-state index >= 15 is 0 Å². The van der Waals surface area contributed by atoms with Crippen molar-refractivity contribution in [3.63, 3.8) is 0 Å². The van der Waals surface area contributed by atoms with Crippen LogP contribution in [0.2, 0.25) is 0 Å². The Hall–Kier alpha value is -1.09. The number of hydrogen-bond donors (Lipinski definition) is 0. The number of imidazole rings is 1. The predicted octanol–water partition coefficient (Wildman–Crippen LogP) is 4.33. The van der Waals surface area contributed by atoms with Crippen LogP contribution in [0.25, 0.3) is 11.2 Å². The maximum absolute atomic E-state index is 6.35. The van der Waals surface area contributed by atoms with Gasteiger partial charge in [0.2, 0.25) is 0 Å². The van der Waals surface area contributed by atoms with Gasteiger partial charge >= 0.3 is 0 Å². The van der Waals surface area contributed by atoms with Crippen molar-refractivity contribution in [1.29, 1.82) is 0 Å². The molecule has 0 aliphatic heterocycles. The first kappa shape index (κ1) is 12.9. The Morgan fingerprint density at radius 1 is 1.26 bits per heavy atom. The molecule has 0 saturated heterocycles. The van der Waals surface area contributed by atoms with Crippen LogP contribution in [0.5, 0.6) is 0 Å². The number of aromatic nitrogens is 3. The maximum Gasteiger partial charge on any atom is 0.160 e. The molecule has 1 fully saturated rings. The highest BCUT2D eigenvalue weighted by molar-refractivity contribution is 6.20. The molecule has 2 heterocycles. The SMILES string of the molecule is Cc1ccc2nc(C(C)Cl)n(C3(C)CCCC3)c2n1. The van der Waals surface area contributed by atoms with Crippen molar-refractivity contribution < 1.29 is 0 Å². The van der Waals surface area contributed by atoms with Gasteiger partial charge in [0.1, 0.15) is 11.3 Å². The van der Waals surface area contributed by atoms with E-state index in [-0.39, 0.29) is 10.9 Å². The molecule has 102 valence electrons. The third kappa shape index (κ3) is 2.04. The van der Waals surface area contributed by atoms with Crippen molar-refractivity contribution in [2.75, 3.05) is 0 Å². The van der Waals surface area contributed by atoms with E-state index in [4.69, 9.17) is 21.6 Å². The Bertz CT molecular complexity index is 609. The average molecular weight is 278 g/mol. The van der Waals surface area contributed by atoms with Crippen molar-refractivity contribution in [3.05, 3.63) is 23.7 Å².